The predicted octanol–water partition coefficient (Wildman–Crippen LogP) is 1.44. The van der Waals surface area contributed by atoms with E-state index in [-0.39, 0.29) is 24.5 Å². The Kier molecular flexibility index (Phi) is 4.78. The van der Waals surface area contributed by atoms with Crippen molar-refractivity contribution in [1.29, 1.82) is 0 Å². The lowest BCUT2D eigenvalue weighted by Crippen LogP contribution is -2.46. The van der Waals surface area contributed by atoms with Crippen molar-refractivity contribution >= 4 is 11.9 Å². The van der Waals surface area contributed by atoms with E-state index in [1.54, 1.807) is 0 Å². The number of carbonyl (C=O) groups excluding carboxylic acids is 2. The minimum atomic E-state index is -0.474. The average Bonchev–Trinajstić information content (AvgIpc) is 2.10. The first-order valence-electron chi connectivity index (χ1n) is 5.08. The minimum Gasteiger partial charge on any atom is -0.468 e. The summed E-state index contributed by atoms with van der Waals surface area (Å²) in [5.74, 6) is -0.427. The van der Waals surface area contributed by atoms with Gasteiger partial charge in [-0.05, 0) is 13.8 Å². The normalized spacial score (nSPS) is 11.4. The topological polar surface area (TPSA) is 46.6 Å². The number of amides is 1. The van der Waals surface area contributed by atoms with Crippen LogP contribution >= 0.6 is 0 Å². The molecule has 0 N–H and O–H groups in total. The fourth-order valence-corrected chi connectivity index (χ4v) is 1.12. The number of methoxy groups -OCH3 is 1. The molecule has 0 rings (SSSR count). The molecule has 0 atom stereocenters. The monoisotopic (exact) mass is 215 g/mol. The van der Waals surface area contributed by atoms with Gasteiger partial charge in [0.2, 0.25) is 5.91 Å². The van der Waals surface area contributed by atoms with Gasteiger partial charge in [0.1, 0.15) is 6.54 Å². The van der Waals surface area contributed by atoms with E-state index >= 15 is 0 Å². The SMILES string of the molecule is COC(=O)CN(C(=O)C(C)(C)C)C(C)C. The number of esters is 1. The van der Waals surface area contributed by atoms with E-state index in [4.69, 9.17) is 0 Å². The van der Waals surface area contributed by atoms with E-state index in [9.17, 15) is 9.59 Å². The van der Waals surface area contributed by atoms with Gasteiger partial charge < -0.3 is 9.64 Å². The van der Waals surface area contributed by atoms with E-state index in [1.807, 2.05) is 34.6 Å². The number of hydrogen-bond donors (Lipinski definition) is 0. The van der Waals surface area contributed by atoms with E-state index < -0.39 is 5.41 Å². The predicted molar refractivity (Wildman–Crippen MR) is 58.3 cm³/mol. The van der Waals surface area contributed by atoms with Gasteiger partial charge in [-0.15, -0.1) is 0 Å². The molecule has 4 heteroatoms. The second-order valence-electron chi connectivity index (χ2n) is 4.85. The standard InChI is InChI=1S/C11H21NO3/c1-8(2)12(7-9(13)15-6)10(14)11(3,4)5/h8H,7H2,1-6H3. The molecule has 0 saturated heterocycles. The highest BCUT2D eigenvalue weighted by atomic mass is 16.5. The summed E-state index contributed by atoms with van der Waals surface area (Å²) >= 11 is 0. The second-order valence-corrected chi connectivity index (χ2v) is 4.85. The van der Waals surface area contributed by atoms with Crippen LogP contribution in [0.15, 0.2) is 0 Å². The molecule has 1 amide bonds. The molecule has 0 aromatic carbocycles. The van der Waals surface area contributed by atoms with Crippen LogP contribution in [0, 0.1) is 5.41 Å². The van der Waals surface area contributed by atoms with Crippen LogP contribution in [0.1, 0.15) is 34.6 Å². The molecule has 0 aliphatic heterocycles. The number of hydrogen-bond acceptors (Lipinski definition) is 3. The molecular weight excluding hydrogens is 194 g/mol. The van der Waals surface area contributed by atoms with Crippen molar-refractivity contribution in [3.8, 4) is 0 Å². The van der Waals surface area contributed by atoms with Gasteiger partial charge in [0.25, 0.3) is 0 Å². The lowest BCUT2D eigenvalue weighted by molar-refractivity contribution is -0.151. The van der Waals surface area contributed by atoms with Gasteiger partial charge in [-0.1, -0.05) is 20.8 Å². The Labute approximate surface area is 91.6 Å². The molecule has 88 valence electrons. The van der Waals surface area contributed by atoms with Crippen LogP contribution in [0.4, 0.5) is 0 Å². The third kappa shape index (κ3) is 4.32. The van der Waals surface area contributed by atoms with Crippen molar-refractivity contribution < 1.29 is 14.3 Å². The summed E-state index contributed by atoms with van der Waals surface area (Å²) in [5.41, 5.74) is -0.474. The molecule has 0 bridgehead atoms. The van der Waals surface area contributed by atoms with Gasteiger partial charge in [-0.25, -0.2) is 0 Å². The quantitative estimate of drug-likeness (QED) is 0.669. The molecule has 0 spiro atoms. The number of ether oxygens (including phenoxy) is 1. The van der Waals surface area contributed by atoms with Gasteiger partial charge in [0.15, 0.2) is 0 Å². The molecule has 0 aliphatic rings. The fraction of sp³-hybridized carbons (Fsp3) is 0.818. The maximum atomic E-state index is 12.0. The zero-order valence-electron chi connectivity index (χ0n) is 10.5. The average molecular weight is 215 g/mol. The minimum absolute atomic E-state index is 0.00387. The summed E-state index contributed by atoms with van der Waals surface area (Å²) in [6.07, 6.45) is 0. The smallest absolute Gasteiger partial charge is 0.325 e. The molecule has 4 nitrogen and oxygen atoms in total. The van der Waals surface area contributed by atoms with Crippen molar-refractivity contribution in [2.24, 2.45) is 5.41 Å². The number of nitrogens with zero attached hydrogens (tertiary/aromatic N) is 1. The van der Waals surface area contributed by atoms with Crippen LogP contribution in [0.25, 0.3) is 0 Å². The first-order chi connectivity index (χ1) is 6.70. The van der Waals surface area contributed by atoms with E-state index in [0.717, 1.165) is 0 Å². The Balaban J connectivity index is 4.68. The molecule has 0 aromatic heterocycles. The largest absolute Gasteiger partial charge is 0.468 e. The molecular formula is C11H21NO3. The molecule has 0 heterocycles. The summed E-state index contributed by atoms with van der Waals surface area (Å²) in [6, 6.07) is -0.00387. The fourth-order valence-electron chi connectivity index (χ4n) is 1.12. The van der Waals surface area contributed by atoms with Gasteiger partial charge >= 0.3 is 5.97 Å². The molecule has 0 fully saturated rings. The summed E-state index contributed by atoms with van der Waals surface area (Å²) in [4.78, 5) is 24.7. The van der Waals surface area contributed by atoms with Crippen LogP contribution in [0.5, 0.6) is 0 Å². The van der Waals surface area contributed by atoms with Crippen molar-refractivity contribution in [3.05, 3.63) is 0 Å². The summed E-state index contributed by atoms with van der Waals surface area (Å²) in [7, 11) is 1.32. The van der Waals surface area contributed by atoms with Crippen LogP contribution in [-0.4, -0.2) is 36.5 Å². The van der Waals surface area contributed by atoms with Crippen molar-refractivity contribution in [2.45, 2.75) is 40.7 Å². The molecule has 0 aromatic rings. The molecule has 0 radical (unpaired) electrons. The Morgan fingerprint density at radius 3 is 2.00 bits per heavy atom. The Hall–Kier alpha value is -1.06. The first kappa shape index (κ1) is 13.9. The van der Waals surface area contributed by atoms with Crippen molar-refractivity contribution in [2.75, 3.05) is 13.7 Å². The highest BCUT2D eigenvalue weighted by Gasteiger charge is 2.30. The molecule has 0 saturated carbocycles. The van der Waals surface area contributed by atoms with Gasteiger partial charge in [0.05, 0.1) is 7.11 Å². The van der Waals surface area contributed by atoms with E-state index in [1.165, 1.54) is 12.0 Å². The zero-order valence-corrected chi connectivity index (χ0v) is 10.5. The third-order valence-corrected chi connectivity index (χ3v) is 2.05. The summed E-state index contributed by atoms with van der Waals surface area (Å²) in [5, 5.41) is 0. The Morgan fingerprint density at radius 1 is 1.27 bits per heavy atom. The van der Waals surface area contributed by atoms with Crippen molar-refractivity contribution in [1.82, 2.24) is 4.90 Å². The van der Waals surface area contributed by atoms with Gasteiger partial charge in [-0.2, -0.15) is 0 Å². The highest BCUT2D eigenvalue weighted by molar-refractivity contribution is 5.85. The van der Waals surface area contributed by atoms with E-state index in [2.05, 4.69) is 4.74 Å². The van der Waals surface area contributed by atoms with Crippen LogP contribution in [0.2, 0.25) is 0 Å². The van der Waals surface area contributed by atoms with Crippen LogP contribution in [0.3, 0.4) is 0 Å². The zero-order chi connectivity index (χ0) is 12.2. The Bertz CT molecular complexity index is 241. The molecule has 0 aliphatic carbocycles. The van der Waals surface area contributed by atoms with Crippen LogP contribution in [-0.2, 0) is 14.3 Å². The second kappa shape index (κ2) is 5.14. The van der Waals surface area contributed by atoms with Gasteiger partial charge in [0, 0.05) is 11.5 Å². The van der Waals surface area contributed by atoms with Crippen LogP contribution < -0.4 is 0 Å². The van der Waals surface area contributed by atoms with Crippen molar-refractivity contribution in [3.63, 3.8) is 0 Å². The highest BCUT2D eigenvalue weighted by Crippen LogP contribution is 2.18. The number of rotatable bonds is 3. The molecule has 0 unspecified atom stereocenters. The molecule has 15 heavy (non-hydrogen) atoms. The lowest BCUT2D eigenvalue weighted by atomic mass is 9.94. The number of carbonyl (C=O) groups is 2. The Morgan fingerprint density at radius 2 is 1.73 bits per heavy atom. The summed E-state index contributed by atoms with van der Waals surface area (Å²) < 4.78 is 4.56. The maximum absolute atomic E-state index is 12.0. The summed E-state index contributed by atoms with van der Waals surface area (Å²) in [6.45, 7) is 9.29. The van der Waals surface area contributed by atoms with Gasteiger partial charge in [-0.3, -0.25) is 9.59 Å². The third-order valence-electron chi connectivity index (χ3n) is 2.05. The first-order valence-corrected chi connectivity index (χ1v) is 5.08. The maximum Gasteiger partial charge on any atom is 0.325 e. The van der Waals surface area contributed by atoms with E-state index in [0.29, 0.717) is 0 Å². The lowest BCUT2D eigenvalue weighted by Gasteiger charge is -2.31.